The van der Waals surface area contributed by atoms with Crippen molar-refractivity contribution in [3.05, 3.63) is 29.6 Å². The van der Waals surface area contributed by atoms with Gasteiger partial charge in [0.1, 0.15) is 5.82 Å². The summed E-state index contributed by atoms with van der Waals surface area (Å²) in [5.74, 6) is -1.64. The normalized spacial score (nSPS) is 10.0. The first kappa shape index (κ1) is 11.5. The van der Waals surface area contributed by atoms with Crippen LogP contribution in [0.2, 0.25) is 0 Å². The smallest absolute Gasteiger partial charge is 0.337 e. The van der Waals surface area contributed by atoms with Gasteiger partial charge in [-0.15, -0.1) is 0 Å². The average Bonchev–Trinajstić information content (AvgIpc) is 2.20. The number of halogens is 1. The van der Waals surface area contributed by atoms with Gasteiger partial charge < -0.3 is 10.4 Å². The zero-order chi connectivity index (χ0) is 11.3. The Morgan fingerprint density at radius 2 is 2.27 bits per heavy atom. The predicted octanol–water partition coefficient (Wildman–Crippen LogP) is 2.74. The van der Waals surface area contributed by atoms with Gasteiger partial charge in [0, 0.05) is 6.54 Å². The second-order valence-corrected chi connectivity index (χ2v) is 3.25. The van der Waals surface area contributed by atoms with Gasteiger partial charge in [0.15, 0.2) is 0 Å². The summed E-state index contributed by atoms with van der Waals surface area (Å²) < 4.78 is 13.3. The summed E-state index contributed by atoms with van der Waals surface area (Å²) in [5.41, 5.74) is 0.0598. The van der Waals surface area contributed by atoms with Gasteiger partial charge in [0.05, 0.1) is 11.3 Å². The summed E-state index contributed by atoms with van der Waals surface area (Å²) in [4.78, 5) is 10.8. The van der Waals surface area contributed by atoms with E-state index in [9.17, 15) is 9.18 Å². The zero-order valence-corrected chi connectivity index (χ0v) is 8.59. The van der Waals surface area contributed by atoms with Gasteiger partial charge in [-0.25, -0.2) is 9.18 Å². The molecule has 2 N–H and O–H groups in total. The molecule has 0 atom stereocenters. The Morgan fingerprint density at radius 3 is 2.87 bits per heavy atom. The van der Waals surface area contributed by atoms with Gasteiger partial charge in [-0.2, -0.15) is 0 Å². The maximum Gasteiger partial charge on any atom is 0.337 e. The van der Waals surface area contributed by atoms with Crippen LogP contribution in [0, 0.1) is 5.82 Å². The molecule has 1 rings (SSSR count). The van der Waals surface area contributed by atoms with Crippen LogP contribution in [0.1, 0.15) is 30.1 Å². The minimum Gasteiger partial charge on any atom is -0.478 e. The largest absolute Gasteiger partial charge is 0.478 e. The Balaban J connectivity index is 2.87. The number of benzene rings is 1. The van der Waals surface area contributed by atoms with Crippen molar-refractivity contribution < 1.29 is 14.3 Å². The fraction of sp³-hybridized carbons (Fsp3) is 0.364. The lowest BCUT2D eigenvalue weighted by atomic mass is 10.1. The standard InChI is InChI=1S/C11H14FNO2/c1-2-3-7-13-10-8(11(14)15)5-4-6-9(10)12/h4-6,13H,2-3,7H2,1H3,(H,14,15). The Kier molecular flexibility index (Phi) is 4.09. The maximum absolute atomic E-state index is 13.3. The number of nitrogens with one attached hydrogen (secondary N) is 1. The molecule has 1 aromatic rings. The van der Waals surface area contributed by atoms with E-state index in [2.05, 4.69) is 5.32 Å². The first-order chi connectivity index (χ1) is 7.16. The molecule has 82 valence electrons. The quantitative estimate of drug-likeness (QED) is 0.736. The van der Waals surface area contributed by atoms with Crippen molar-refractivity contribution in [2.45, 2.75) is 19.8 Å². The highest BCUT2D eigenvalue weighted by atomic mass is 19.1. The van der Waals surface area contributed by atoms with Crippen LogP contribution in [0.3, 0.4) is 0 Å². The van der Waals surface area contributed by atoms with E-state index >= 15 is 0 Å². The van der Waals surface area contributed by atoms with Gasteiger partial charge in [0.2, 0.25) is 0 Å². The number of carboxylic acids is 1. The minimum absolute atomic E-state index is 0.0221. The van der Waals surface area contributed by atoms with E-state index in [1.165, 1.54) is 18.2 Å². The topological polar surface area (TPSA) is 49.3 Å². The van der Waals surface area contributed by atoms with E-state index in [4.69, 9.17) is 5.11 Å². The van der Waals surface area contributed by atoms with E-state index in [1.54, 1.807) is 0 Å². The number of unbranched alkanes of at least 4 members (excludes halogenated alkanes) is 1. The zero-order valence-electron chi connectivity index (χ0n) is 8.59. The number of rotatable bonds is 5. The van der Waals surface area contributed by atoms with Crippen molar-refractivity contribution in [2.24, 2.45) is 0 Å². The Hall–Kier alpha value is -1.58. The van der Waals surface area contributed by atoms with Gasteiger partial charge in [-0.3, -0.25) is 0 Å². The molecular weight excluding hydrogens is 197 g/mol. The number of hydrogen-bond donors (Lipinski definition) is 2. The number of hydrogen-bond acceptors (Lipinski definition) is 2. The molecule has 4 heteroatoms. The van der Waals surface area contributed by atoms with E-state index < -0.39 is 11.8 Å². The highest BCUT2D eigenvalue weighted by Crippen LogP contribution is 2.19. The molecule has 0 spiro atoms. The van der Waals surface area contributed by atoms with E-state index in [0.717, 1.165) is 12.8 Å². The van der Waals surface area contributed by atoms with Gasteiger partial charge in [0.25, 0.3) is 0 Å². The average molecular weight is 211 g/mol. The fourth-order valence-corrected chi connectivity index (χ4v) is 1.27. The molecule has 0 aliphatic heterocycles. The summed E-state index contributed by atoms with van der Waals surface area (Å²) >= 11 is 0. The molecule has 0 unspecified atom stereocenters. The van der Waals surface area contributed by atoms with E-state index in [0.29, 0.717) is 6.54 Å². The molecule has 0 radical (unpaired) electrons. The molecule has 15 heavy (non-hydrogen) atoms. The molecule has 0 saturated carbocycles. The van der Waals surface area contributed by atoms with Crippen molar-refractivity contribution in [3.8, 4) is 0 Å². The molecule has 0 aliphatic carbocycles. The fourth-order valence-electron chi connectivity index (χ4n) is 1.27. The summed E-state index contributed by atoms with van der Waals surface area (Å²) in [6.45, 7) is 2.60. The Labute approximate surface area is 87.9 Å². The third-order valence-electron chi connectivity index (χ3n) is 2.08. The Morgan fingerprint density at radius 1 is 1.53 bits per heavy atom. The first-order valence-electron chi connectivity index (χ1n) is 4.92. The molecule has 0 bridgehead atoms. The number of anilines is 1. The molecule has 0 aliphatic rings. The van der Waals surface area contributed by atoms with Crippen molar-refractivity contribution >= 4 is 11.7 Å². The lowest BCUT2D eigenvalue weighted by Gasteiger charge is -2.09. The minimum atomic E-state index is -1.12. The molecule has 0 saturated heterocycles. The first-order valence-corrected chi connectivity index (χ1v) is 4.92. The summed E-state index contributed by atoms with van der Waals surface area (Å²) in [6, 6.07) is 4.03. The van der Waals surface area contributed by atoms with Gasteiger partial charge in [-0.05, 0) is 18.6 Å². The number of aromatic carboxylic acids is 1. The van der Waals surface area contributed by atoms with Crippen LogP contribution in [0.4, 0.5) is 10.1 Å². The third-order valence-corrected chi connectivity index (χ3v) is 2.08. The van der Waals surface area contributed by atoms with Crippen LogP contribution in [0.5, 0.6) is 0 Å². The van der Waals surface area contributed by atoms with Crippen LogP contribution >= 0.6 is 0 Å². The monoisotopic (exact) mass is 211 g/mol. The van der Waals surface area contributed by atoms with E-state index in [1.807, 2.05) is 6.92 Å². The number of carbonyl (C=O) groups is 1. The summed E-state index contributed by atoms with van der Waals surface area (Å²) in [7, 11) is 0. The summed E-state index contributed by atoms with van der Waals surface area (Å²) in [5, 5.41) is 11.6. The van der Waals surface area contributed by atoms with Crippen LogP contribution in [0.25, 0.3) is 0 Å². The highest BCUT2D eigenvalue weighted by Gasteiger charge is 2.12. The Bertz CT molecular complexity index is 352. The molecule has 0 heterocycles. The molecule has 3 nitrogen and oxygen atoms in total. The van der Waals surface area contributed by atoms with Crippen LogP contribution < -0.4 is 5.32 Å². The van der Waals surface area contributed by atoms with Crippen molar-refractivity contribution in [1.29, 1.82) is 0 Å². The number of para-hydroxylation sites is 1. The van der Waals surface area contributed by atoms with Gasteiger partial charge in [-0.1, -0.05) is 19.4 Å². The van der Waals surface area contributed by atoms with Crippen LogP contribution in [-0.4, -0.2) is 17.6 Å². The lowest BCUT2D eigenvalue weighted by Crippen LogP contribution is -2.09. The molecule has 1 aromatic carbocycles. The molecular formula is C11H14FNO2. The third kappa shape index (κ3) is 2.94. The maximum atomic E-state index is 13.3. The second kappa shape index (κ2) is 5.34. The van der Waals surface area contributed by atoms with Crippen molar-refractivity contribution in [1.82, 2.24) is 0 Å². The summed E-state index contributed by atoms with van der Waals surface area (Å²) in [6.07, 6.45) is 1.86. The SMILES string of the molecule is CCCCNc1c(F)cccc1C(=O)O. The lowest BCUT2D eigenvalue weighted by molar-refractivity contribution is 0.0697. The highest BCUT2D eigenvalue weighted by molar-refractivity contribution is 5.94. The van der Waals surface area contributed by atoms with Gasteiger partial charge >= 0.3 is 5.97 Å². The van der Waals surface area contributed by atoms with Crippen LogP contribution in [0.15, 0.2) is 18.2 Å². The number of carboxylic acid groups (broad SMARTS) is 1. The molecule has 0 fully saturated rings. The van der Waals surface area contributed by atoms with E-state index in [-0.39, 0.29) is 11.3 Å². The molecule has 0 aromatic heterocycles. The second-order valence-electron chi connectivity index (χ2n) is 3.25. The predicted molar refractivity (Wildman–Crippen MR) is 56.8 cm³/mol. The molecule has 0 amide bonds. The van der Waals surface area contributed by atoms with Crippen molar-refractivity contribution in [2.75, 3.05) is 11.9 Å². The van der Waals surface area contributed by atoms with Crippen molar-refractivity contribution in [3.63, 3.8) is 0 Å². The van der Waals surface area contributed by atoms with Crippen LogP contribution in [-0.2, 0) is 0 Å².